The van der Waals surface area contributed by atoms with Crippen LogP contribution in [0.3, 0.4) is 0 Å². The van der Waals surface area contributed by atoms with Crippen LogP contribution < -0.4 is 4.72 Å². The smallest absolute Gasteiger partial charge is 0.390 e. The van der Waals surface area contributed by atoms with E-state index < -0.39 is 14.9 Å². The van der Waals surface area contributed by atoms with E-state index in [-0.39, 0.29) is 19.0 Å². The molecule has 8 nitrogen and oxygen atoms in total. The van der Waals surface area contributed by atoms with Gasteiger partial charge in [0.25, 0.3) is 0 Å². The Morgan fingerprint density at radius 3 is 2.87 bits per heavy atom. The summed E-state index contributed by atoms with van der Waals surface area (Å²) >= 11 is 0. The highest BCUT2D eigenvalue weighted by Crippen LogP contribution is 2.05. The zero-order valence-electron chi connectivity index (χ0n) is 7.95. The highest BCUT2D eigenvalue weighted by atomic mass is 32.2. The molecule has 0 saturated carbocycles. The molecule has 0 aliphatic rings. The van der Waals surface area contributed by atoms with Gasteiger partial charge in [-0.05, 0) is 4.92 Å². The van der Waals surface area contributed by atoms with Gasteiger partial charge >= 0.3 is 5.95 Å². The van der Waals surface area contributed by atoms with Crippen molar-refractivity contribution in [1.82, 2.24) is 14.3 Å². The third kappa shape index (κ3) is 3.64. The van der Waals surface area contributed by atoms with Gasteiger partial charge in [-0.1, -0.05) is 4.98 Å². The number of rotatable bonds is 5. The molecule has 0 fully saturated rings. The highest BCUT2D eigenvalue weighted by molar-refractivity contribution is 7.88. The Morgan fingerprint density at radius 2 is 2.33 bits per heavy atom. The van der Waals surface area contributed by atoms with Gasteiger partial charge in [0.2, 0.25) is 10.0 Å². The van der Waals surface area contributed by atoms with Gasteiger partial charge < -0.3 is 10.1 Å². The van der Waals surface area contributed by atoms with Crippen LogP contribution in [0.5, 0.6) is 0 Å². The molecule has 1 rings (SSSR count). The van der Waals surface area contributed by atoms with Crippen LogP contribution in [0.1, 0.15) is 0 Å². The molecule has 0 aromatic carbocycles. The fraction of sp³-hybridized carbons (Fsp3) is 0.500. The van der Waals surface area contributed by atoms with Crippen LogP contribution in [0.2, 0.25) is 0 Å². The van der Waals surface area contributed by atoms with Gasteiger partial charge in [-0.25, -0.2) is 17.7 Å². The molecule has 0 bridgehead atoms. The molecule has 0 aliphatic heterocycles. The van der Waals surface area contributed by atoms with Crippen LogP contribution >= 0.6 is 0 Å². The predicted molar refractivity (Wildman–Crippen MR) is 51.7 cm³/mol. The molecule has 1 aromatic rings. The van der Waals surface area contributed by atoms with E-state index in [9.17, 15) is 18.5 Å². The second-order valence-electron chi connectivity index (χ2n) is 2.84. The molecule has 1 heterocycles. The second kappa shape index (κ2) is 4.36. The first kappa shape index (κ1) is 11.6. The van der Waals surface area contributed by atoms with Crippen LogP contribution in [0.4, 0.5) is 5.95 Å². The van der Waals surface area contributed by atoms with Crippen molar-refractivity contribution < 1.29 is 13.3 Å². The Balaban J connectivity index is 2.58. The molecule has 0 spiro atoms. The van der Waals surface area contributed by atoms with Crippen molar-refractivity contribution in [2.45, 2.75) is 6.54 Å². The molecule has 15 heavy (non-hydrogen) atoms. The SMILES string of the molecule is CS(=O)(=O)NCCn1ccnc1[N+](=O)[O-]. The average Bonchev–Trinajstić information content (AvgIpc) is 2.49. The van der Waals surface area contributed by atoms with E-state index in [0.29, 0.717) is 0 Å². The number of sulfonamides is 1. The fourth-order valence-corrected chi connectivity index (χ4v) is 1.46. The maximum Gasteiger partial charge on any atom is 0.434 e. The minimum atomic E-state index is -3.26. The molecule has 0 aliphatic carbocycles. The molecule has 0 radical (unpaired) electrons. The zero-order chi connectivity index (χ0) is 11.5. The van der Waals surface area contributed by atoms with Crippen LogP contribution in [-0.2, 0) is 16.6 Å². The Labute approximate surface area is 86.1 Å². The van der Waals surface area contributed by atoms with E-state index in [1.165, 1.54) is 17.0 Å². The van der Waals surface area contributed by atoms with Crippen LogP contribution in [0.25, 0.3) is 0 Å². The van der Waals surface area contributed by atoms with E-state index in [0.717, 1.165) is 6.26 Å². The second-order valence-corrected chi connectivity index (χ2v) is 4.68. The Morgan fingerprint density at radius 1 is 1.67 bits per heavy atom. The van der Waals surface area contributed by atoms with Gasteiger partial charge in [0.1, 0.15) is 12.4 Å². The lowest BCUT2D eigenvalue weighted by Gasteiger charge is -2.02. The molecule has 9 heteroatoms. The minimum absolute atomic E-state index is 0.0933. The monoisotopic (exact) mass is 234 g/mol. The summed E-state index contributed by atoms with van der Waals surface area (Å²) in [6.07, 6.45) is 3.73. The summed E-state index contributed by atoms with van der Waals surface area (Å²) in [5, 5.41) is 10.4. The molecule has 1 N–H and O–H groups in total. The first-order chi connectivity index (χ1) is 6.90. The van der Waals surface area contributed by atoms with Gasteiger partial charge in [0, 0.05) is 6.54 Å². The fourth-order valence-electron chi connectivity index (χ4n) is 0.999. The maximum absolute atomic E-state index is 10.7. The number of nitrogens with one attached hydrogen (secondary N) is 1. The molecule has 0 amide bonds. The van der Waals surface area contributed by atoms with Gasteiger partial charge in [-0.15, -0.1) is 0 Å². The summed E-state index contributed by atoms with van der Waals surface area (Å²) in [4.78, 5) is 13.3. The lowest BCUT2D eigenvalue weighted by atomic mass is 10.6. The van der Waals surface area contributed by atoms with E-state index in [4.69, 9.17) is 0 Å². The van der Waals surface area contributed by atoms with Gasteiger partial charge in [0.05, 0.1) is 12.8 Å². The first-order valence-electron chi connectivity index (χ1n) is 4.00. The molecular formula is C6H10N4O4S. The van der Waals surface area contributed by atoms with E-state index >= 15 is 0 Å². The normalized spacial score (nSPS) is 11.5. The van der Waals surface area contributed by atoms with E-state index in [1.807, 2.05) is 0 Å². The third-order valence-corrected chi connectivity index (χ3v) is 2.30. The Hall–Kier alpha value is -1.48. The quantitative estimate of drug-likeness (QED) is 0.537. The average molecular weight is 234 g/mol. The van der Waals surface area contributed by atoms with Crippen LogP contribution in [0.15, 0.2) is 12.4 Å². The molecule has 0 unspecified atom stereocenters. The molecule has 0 saturated heterocycles. The topological polar surface area (TPSA) is 107 Å². The summed E-state index contributed by atoms with van der Waals surface area (Å²) in [6, 6.07) is 0. The maximum atomic E-state index is 10.7. The Kier molecular flexibility index (Phi) is 3.37. The summed E-state index contributed by atoms with van der Waals surface area (Å²) in [7, 11) is -3.26. The molecule has 1 aromatic heterocycles. The van der Waals surface area contributed by atoms with Crippen molar-refractivity contribution in [1.29, 1.82) is 0 Å². The van der Waals surface area contributed by atoms with Crippen molar-refractivity contribution >= 4 is 16.0 Å². The van der Waals surface area contributed by atoms with Crippen molar-refractivity contribution in [2.24, 2.45) is 0 Å². The number of nitrogens with zero attached hydrogens (tertiary/aromatic N) is 3. The minimum Gasteiger partial charge on any atom is -0.390 e. The highest BCUT2D eigenvalue weighted by Gasteiger charge is 2.13. The third-order valence-electron chi connectivity index (χ3n) is 1.57. The number of hydrogen-bond donors (Lipinski definition) is 1. The molecule has 84 valence electrons. The number of nitro groups is 1. The van der Waals surface area contributed by atoms with Crippen LogP contribution in [-0.4, -0.2) is 35.7 Å². The van der Waals surface area contributed by atoms with E-state index in [2.05, 4.69) is 9.71 Å². The Bertz CT molecular complexity index is 451. The largest absolute Gasteiger partial charge is 0.434 e. The predicted octanol–water partition coefficient (Wildman–Crippen LogP) is -0.659. The van der Waals surface area contributed by atoms with Crippen molar-refractivity contribution in [2.75, 3.05) is 12.8 Å². The van der Waals surface area contributed by atoms with E-state index in [1.54, 1.807) is 0 Å². The van der Waals surface area contributed by atoms with Gasteiger partial charge in [-0.3, -0.25) is 0 Å². The summed E-state index contributed by atoms with van der Waals surface area (Å²) in [5.74, 6) is -0.301. The van der Waals surface area contributed by atoms with Crippen LogP contribution in [0, 0.1) is 10.1 Å². The lowest BCUT2D eigenvalue weighted by molar-refractivity contribution is -0.396. The molecule has 0 atom stereocenters. The van der Waals surface area contributed by atoms with Gasteiger partial charge in [0.15, 0.2) is 0 Å². The van der Waals surface area contributed by atoms with Crippen molar-refractivity contribution in [3.05, 3.63) is 22.5 Å². The molecular weight excluding hydrogens is 224 g/mol. The number of aromatic nitrogens is 2. The zero-order valence-corrected chi connectivity index (χ0v) is 8.77. The lowest BCUT2D eigenvalue weighted by Crippen LogP contribution is -2.26. The first-order valence-corrected chi connectivity index (χ1v) is 5.89. The summed E-state index contributed by atoms with van der Waals surface area (Å²) < 4.78 is 24.9. The standard InChI is InChI=1S/C6H10N4O4S/c1-15(13,14)8-3-5-9-4-2-7-6(9)10(11)12/h2,4,8H,3,5H2,1H3. The van der Waals surface area contributed by atoms with Crippen molar-refractivity contribution in [3.8, 4) is 0 Å². The summed E-state index contributed by atoms with van der Waals surface area (Å²) in [6.45, 7) is 0.263. The summed E-state index contributed by atoms with van der Waals surface area (Å²) in [5.41, 5.74) is 0. The van der Waals surface area contributed by atoms with Crippen molar-refractivity contribution in [3.63, 3.8) is 0 Å². The van der Waals surface area contributed by atoms with Gasteiger partial charge in [-0.2, -0.15) is 0 Å². The number of hydrogen-bond acceptors (Lipinski definition) is 5. The number of imidazole rings is 1.